The van der Waals surface area contributed by atoms with E-state index in [1.165, 1.54) is 30.5 Å². The Morgan fingerprint density at radius 1 is 1.20 bits per heavy atom. The summed E-state index contributed by atoms with van der Waals surface area (Å²) in [7, 11) is 0. The quantitative estimate of drug-likeness (QED) is 0.902. The molecule has 1 aliphatic rings. The molecular weight excluding hydrogens is 340 g/mol. The average Bonchev–Trinajstić information content (AvgIpc) is 2.90. The van der Waals surface area contributed by atoms with E-state index in [2.05, 4.69) is 30.7 Å². The van der Waals surface area contributed by atoms with Gasteiger partial charge >= 0.3 is 6.29 Å². The Bertz CT molecular complexity index is 686. The number of halogens is 3. The Hall–Kier alpha value is -2.09. The fourth-order valence-corrected chi connectivity index (χ4v) is 2.10. The molecule has 3 rings (SSSR count). The van der Waals surface area contributed by atoms with Gasteiger partial charge in [0.15, 0.2) is 16.2 Å². The zero-order valence-electron chi connectivity index (χ0n) is 9.65. The lowest BCUT2D eigenvalue weighted by Crippen LogP contribution is -2.25. The Morgan fingerprint density at radius 3 is 2.65 bits per heavy atom. The molecule has 0 atom stereocenters. The van der Waals surface area contributed by atoms with Gasteiger partial charge in [-0.3, -0.25) is 4.79 Å². The van der Waals surface area contributed by atoms with Crippen molar-refractivity contribution >= 4 is 27.5 Å². The van der Waals surface area contributed by atoms with Crippen molar-refractivity contribution in [3.63, 3.8) is 0 Å². The third kappa shape index (κ3) is 2.34. The highest BCUT2D eigenvalue weighted by Crippen LogP contribution is 2.42. The molecule has 0 saturated carbocycles. The molecule has 104 valence electrons. The van der Waals surface area contributed by atoms with Gasteiger partial charge in [-0.15, -0.1) is 8.78 Å². The summed E-state index contributed by atoms with van der Waals surface area (Å²) in [6, 6.07) is 5.44. The number of carbonyl (C=O) groups excluding carboxylic acids is 1. The van der Waals surface area contributed by atoms with E-state index in [-0.39, 0.29) is 21.7 Å². The first-order valence-electron chi connectivity index (χ1n) is 5.39. The van der Waals surface area contributed by atoms with Crippen molar-refractivity contribution in [1.29, 1.82) is 0 Å². The van der Waals surface area contributed by atoms with E-state index < -0.39 is 12.2 Å². The molecule has 1 aromatic carbocycles. The van der Waals surface area contributed by atoms with Crippen molar-refractivity contribution in [2.75, 3.05) is 5.32 Å². The summed E-state index contributed by atoms with van der Waals surface area (Å²) in [6.07, 6.45) is -2.34. The predicted molar refractivity (Wildman–Crippen MR) is 67.0 cm³/mol. The first-order chi connectivity index (χ1) is 9.44. The summed E-state index contributed by atoms with van der Waals surface area (Å²) in [5.41, 5.74) is 0.580. The highest BCUT2D eigenvalue weighted by molar-refractivity contribution is 9.10. The van der Waals surface area contributed by atoms with E-state index in [1.54, 1.807) is 0 Å². The Morgan fingerprint density at radius 2 is 1.95 bits per heavy atom. The SMILES string of the molecule is O=C(Nc1ccc2c(c1)OC(F)(F)O2)c1ccoc1Br. The standard InChI is InChI=1S/C12H6BrF2NO4/c13-10-7(3-4-18-10)11(17)16-6-1-2-8-9(5-6)20-12(14,15)19-8/h1-5H,(H,16,17). The molecule has 1 N–H and O–H groups in total. The molecule has 0 radical (unpaired) electrons. The van der Waals surface area contributed by atoms with Gasteiger partial charge in [-0.1, -0.05) is 0 Å². The number of rotatable bonds is 2. The summed E-state index contributed by atoms with van der Waals surface area (Å²) in [5, 5.41) is 2.53. The molecular formula is C12H6BrF2NO4. The monoisotopic (exact) mass is 345 g/mol. The first-order valence-corrected chi connectivity index (χ1v) is 6.18. The summed E-state index contributed by atoms with van der Waals surface area (Å²) < 4.78 is 39.5. The van der Waals surface area contributed by atoms with Crippen LogP contribution >= 0.6 is 15.9 Å². The minimum Gasteiger partial charge on any atom is -0.457 e. The maximum atomic E-state index is 12.9. The molecule has 0 spiro atoms. The van der Waals surface area contributed by atoms with Gasteiger partial charge in [-0.25, -0.2) is 0 Å². The van der Waals surface area contributed by atoms with Crippen LogP contribution < -0.4 is 14.8 Å². The van der Waals surface area contributed by atoms with Crippen molar-refractivity contribution in [2.24, 2.45) is 0 Å². The van der Waals surface area contributed by atoms with E-state index in [0.717, 1.165) is 0 Å². The average molecular weight is 346 g/mol. The second-order valence-electron chi connectivity index (χ2n) is 3.89. The topological polar surface area (TPSA) is 60.7 Å². The predicted octanol–water partition coefficient (Wildman–Crippen LogP) is 3.62. The van der Waals surface area contributed by atoms with E-state index in [1.807, 2.05) is 0 Å². The van der Waals surface area contributed by atoms with E-state index in [0.29, 0.717) is 5.69 Å². The Kier molecular flexibility index (Phi) is 2.89. The number of amides is 1. The van der Waals surface area contributed by atoms with Gasteiger partial charge in [-0.05, 0) is 34.1 Å². The van der Waals surface area contributed by atoms with Crippen LogP contribution in [0.15, 0.2) is 39.6 Å². The second kappa shape index (κ2) is 4.48. The van der Waals surface area contributed by atoms with Crippen LogP contribution in [0, 0.1) is 0 Å². The number of benzene rings is 1. The lowest BCUT2D eigenvalue weighted by atomic mass is 10.2. The molecule has 2 heterocycles. The number of nitrogens with one attached hydrogen (secondary N) is 1. The number of hydrogen-bond acceptors (Lipinski definition) is 4. The van der Waals surface area contributed by atoms with Crippen molar-refractivity contribution < 1.29 is 27.5 Å². The molecule has 8 heteroatoms. The van der Waals surface area contributed by atoms with Crippen LogP contribution in [0.25, 0.3) is 0 Å². The maximum Gasteiger partial charge on any atom is 0.586 e. The van der Waals surface area contributed by atoms with E-state index >= 15 is 0 Å². The van der Waals surface area contributed by atoms with Crippen LogP contribution in [-0.4, -0.2) is 12.2 Å². The molecule has 1 aromatic heterocycles. The van der Waals surface area contributed by atoms with Crippen LogP contribution in [0.2, 0.25) is 0 Å². The number of hydrogen-bond donors (Lipinski definition) is 1. The van der Waals surface area contributed by atoms with E-state index in [4.69, 9.17) is 4.42 Å². The van der Waals surface area contributed by atoms with Gasteiger partial charge in [0, 0.05) is 11.8 Å². The molecule has 0 unspecified atom stereocenters. The second-order valence-corrected chi connectivity index (χ2v) is 4.61. The number of furan rings is 1. The van der Waals surface area contributed by atoms with Crippen molar-refractivity contribution in [1.82, 2.24) is 0 Å². The van der Waals surface area contributed by atoms with Crippen LogP contribution in [0.4, 0.5) is 14.5 Å². The third-order valence-electron chi connectivity index (χ3n) is 2.52. The summed E-state index contributed by atoms with van der Waals surface area (Å²) >= 11 is 3.07. The van der Waals surface area contributed by atoms with Crippen molar-refractivity contribution in [2.45, 2.75) is 6.29 Å². The minimum absolute atomic E-state index is 0.0857. The lowest BCUT2D eigenvalue weighted by Gasteiger charge is -2.05. The molecule has 0 saturated heterocycles. The minimum atomic E-state index is -3.68. The number of anilines is 1. The van der Waals surface area contributed by atoms with Crippen LogP contribution in [-0.2, 0) is 0 Å². The number of fused-ring (bicyclic) bond motifs is 1. The maximum absolute atomic E-state index is 12.9. The molecule has 0 aliphatic carbocycles. The Labute approximate surface area is 119 Å². The molecule has 5 nitrogen and oxygen atoms in total. The van der Waals surface area contributed by atoms with Gasteiger partial charge in [0.25, 0.3) is 5.91 Å². The summed E-state index contributed by atoms with van der Waals surface area (Å²) in [6.45, 7) is 0. The van der Waals surface area contributed by atoms with Crippen LogP contribution in [0.3, 0.4) is 0 Å². The van der Waals surface area contributed by atoms with Gasteiger partial charge in [-0.2, -0.15) is 0 Å². The van der Waals surface area contributed by atoms with Crippen LogP contribution in [0.5, 0.6) is 11.5 Å². The summed E-state index contributed by atoms with van der Waals surface area (Å²) in [4.78, 5) is 11.9. The van der Waals surface area contributed by atoms with Crippen molar-refractivity contribution in [3.05, 3.63) is 40.8 Å². The molecule has 0 fully saturated rings. The fraction of sp³-hybridized carbons (Fsp3) is 0.0833. The smallest absolute Gasteiger partial charge is 0.457 e. The molecule has 0 bridgehead atoms. The molecule has 2 aromatic rings. The number of ether oxygens (including phenoxy) is 2. The first kappa shape index (κ1) is 12.9. The van der Waals surface area contributed by atoms with E-state index in [9.17, 15) is 13.6 Å². The zero-order chi connectivity index (χ0) is 14.3. The van der Waals surface area contributed by atoms with Crippen molar-refractivity contribution in [3.8, 4) is 11.5 Å². The van der Waals surface area contributed by atoms with Crippen LogP contribution in [0.1, 0.15) is 10.4 Å². The largest absolute Gasteiger partial charge is 0.586 e. The van der Waals surface area contributed by atoms with Gasteiger partial charge in [0.2, 0.25) is 0 Å². The van der Waals surface area contributed by atoms with Gasteiger partial charge in [0.1, 0.15) is 0 Å². The zero-order valence-corrected chi connectivity index (χ0v) is 11.2. The highest BCUT2D eigenvalue weighted by Gasteiger charge is 2.43. The number of alkyl halides is 2. The third-order valence-corrected chi connectivity index (χ3v) is 3.14. The lowest BCUT2D eigenvalue weighted by molar-refractivity contribution is -0.286. The van der Waals surface area contributed by atoms with Gasteiger partial charge in [0.05, 0.1) is 11.8 Å². The number of carbonyl (C=O) groups is 1. The van der Waals surface area contributed by atoms with Gasteiger partial charge < -0.3 is 19.2 Å². The fourth-order valence-electron chi connectivity index (χ4n) is 1.68. The molecule has 1 amide bonds. The normalized spacial score (nSPS) is 15.2. The molecule has 20 heavy (non-hydrogen) atoms. The molecule has 1 aliphatic heterocycles. The Balaban J connectivity index is 1.80. The summed E-state index contributed by atoms with van der Waals surface area (Å²) in [5.74, 6) is -0.673. The highest BCUT2D eigenvalue weighted by atomic mass is 79.9.